The van der Waals surface area contributed by atoms with Crippen molar-refractivity contribution in [1.29, 1.82) is 0 Å². The molecule has 2 unspecified atom stereocenters. The van der Waals surface area contributed by atoms with Gasteiger partial charge in [-0.05, 0) is 76.9 Å². The highest BCUT2D eigenvalue weighted by Crippen LogP contribution is 2.35. The molecular weight excluding hydrogens is 244 g/mol. The van der Waals surface area contributed by atoms with Crippen LogP contribution >= 0.6 is 0 Å². The van der Waals surface area contributed by atoms with Gasteiger partial charge in [-0.2, -0.15) is 0 Å². The standard InChI is InChI=1S/C18H36N2/c1-17(2,3)16-13-15(9-10-19-16)14-18(4,5)20-11-7-6-8-12-20/h15-16,19H,6-14H2,1-5H3. The van der Waals surface area contributed by atoms with Gasteiger partial charge in [-0.25, -0.2) is 0 Å². The topological polar surface area (TPSA) is 15.3 Å². The SMILES string of the molecule is CC(C)(C)C1CC(CC(C)(C)N2CCCCC2)CCN1. The predicted molar refractivity (Wildman–Crippen MR) is 88.1 cm³/mol. The minimum absolute atomic E-state index is 0.394. The number of nitrogens with zero attached hydrogens (tertiary/aromatic N) is 1. The van der Waals surface area contributed by atoms with Crippen molar-refractivity contribution in [3.05, 3.63) is 0 Å². The molecule has 0 radical (unpaired) electrons. The Kier molecular flexibility index (Phi) is 5.18. The van der Waals surface area contributed by atoms with Crippen LogP contribution in [0.15, 0.2) is 0 Å². The maximum atomic E-state index is 3.74. The summed E-state index contributed by atoms with van der Waals surface area (Å²) in [4.78, 5) is 2.75. The molecule has 0 spiro atoms. The molecule has 0 aromatic heterocycles. The van der Waals surface area contributed by atoms with Gasteiger partial charge in [0.05, 0.1) is 0 Å². The molecule has 118 valence electrons. The number of nitrogens with one attached hydrogen (secondary N) is 1. The number of hydrogen-bond donors (Lipinski definition) is 1. The maximum absolute atomic E-state index is 3.74. The number of rotatable bonds is 3. The maximum Gasteiger partial charge on any atom is 0.0155 e. The minimum atomic E-state index is 0.394. The van der Waals surface area contributed by atoms with Gasteiger partial charge in [0.15, 0.2) is 0 Å². The van der Waals surface area contributed by atoms with E-state index in [4.69, 9.17) is 0 Å². The Bertz CT molecular complexity index is 297. The Labute approximate surface area is 126 Å². The van der Waals surface area contributed by atoms with Gasteiger partial charge in [-0.15, -0.1) is 0 Å². The smallest absolute Gasteiger partial charge is 0.0155 e. The van der Waals surface area contributed by atoms with Gasteiger partial charge in [0.2, 0.25) is 0 Å². The Morgan fingerprint density at radius 3 is 2.25 bits per heavy atom. The van der Waals surface area contributed by atoms with Gasteiger partial charge in [0.1, 0.15) is 0 Å². The first kappa shape index (κ1) is 16.3. The molecule has 2 aliphatic rings. The zero-order chi connectivity index (χ0) is 14.8. The number of hydrogen-bond acceptors (Lipinski definition) is 2. The lowest BCUT2D eigenvalue weighted by Crippen LogP contribution is -2.51. The second kappa shape index (κ2) is 6.36. The Hall–Kier alpha value is -0.0800. The second-order valence-corrected chi connectivity index (χ2v) is 8.83. The third kappa shape index (κ3) is 4.21. The molecular formula is C18H36N2. The van der Waals surface area contributed by atoms with Crippen LogP contribution in [0.3, 0.4) is 0 Å². The van der Waals surface area contributed by atoms with Crippen LogP contribution in [0.25, 0.3) is 0 Å². The summed E-state index contributed by atoms with van der Waals surface area (Å²) in [5.74, 6) is 0.900. The lowest BCUT2D eigenvalue weighted by atomic mass is 9.74. The molecule has 0 saturated carbocycles. The van der Waals surface area contributed by atoms with E-state index in [9.17, 15) is 0 Å². The van der Waals surface area contributed by atoms with E-state index in [1.54, 1.807) is 0 Å². The zero-order valence-electron chi connectivity index (χ0n) is 14.5. The van der Waals surface area contributed by atoms with Crippen LogP contribution in [0, 0.1) is 11.3 Å². The first-order valence-electron chi connectivity index (χ1n) is 8.77. The van der Waals surface area contributed by atoms with E-state index in [1.807, 2.05) is 0 Å². The summed E-state index contributed by atoms with van der Waals surface area (Å²) in [6.45, 7) is 15.9. The van der Waals surface area contributed by atoms with Crippen molar-refractivity contribution < 1.29 is 0 Å². The van der Waals surface area contributed by atoms with Crippen molar-refractivity contribution in [1.82, 2.24) is 10.2 Å². The van der Waals surface area contributed by atoms with Crippen molar-refractivity contribution in [2.75, 3.05) is 19.6 Å². The zero-order valence-corrected chi connectivity index (χ0v) is 14.5. The van der Waals surface area contributed by atoms with E-state index >= 15 is 0 Å². The van der Waals surface area contributed by atoms with Crippen molar-refractivity contribution >= 4 is 0 Å². The Balaban J connectivity index is 1.91. The summed E-state index contributed by atoms with van der Waals surface area (Å²) in [6, 6.07) is 0.693. The minimum Gasteiger partial charge on any atom is -0.313 e. The highest BCUT2D eigenvalue weighted by molar-refractivity contribution is 4.92. The van der Waals surface area contributed by atoms with E-state index in [2.05, 4.69) is 44.8 Å². The first-order valence-corrected chi connectivity index (χ1v) is 8.77. The average Bonchev–Trinajstić information content (AvgIpc) is 2.38. The molecule has 0 bridgehead atoms. The van der Waals surface area contributed by atoms with Crippen molar-refractivity contribution in [2.24, 2.45) is 11.3 Å². The van der Waals surface area contributed by atoms with Crippen LogP contribution in [-0.4, -0.2) is 36.1 Å². The van der Waals surface area contributed by atoms with Crippen LogP contribution in [0.2, 0.25) is 0 Å². The number of piperidine rings is 2. The van der Waals surface area contributed by atoms with Crippen LogP contribution in [-0.2, 0) is 0 Å². The van der Waals surface area contributed by atoms with Gasteiger partial charge in [0.25, 0.3) is 0 Å². The Morgan fingerprint density at radius 1 is 1.00 bits per heavy atom. The average molecular weight is 280 g/mol. The van der Waals surface area contributed by atoms with Gasteiger partial charge in [-0.3, -0.25) is 4.90 Å². The quantitative estimate of drug-likeness (QED) is 0.839. The molecule has 2 heterocycles. The molecule has 20 heavy (non-hydrogen) atoms. The Morgan fingerprint density at radius 2 is 1.65 bits per heavy atom. The van der Waals surface area contributed by atoms with Gasteiger partial charge in [0, 0.05) is 11.6 Å². The van der Waals surface area contributed by atoms with Crippen LogP contribution in [0.4, 0.5) is 0 Å². The lowest BCUT2D eigenvalue weighted by Gasteiger charge is -2.45. The predicted octanol–water partition coefficient (Wildman–Crippen LogP) is 4.06. The van der Waals surface area contributed by atoms with Crippen molar-refractivity contribution in [2.45, 2.75) is 84.7 Å². The fraction of sp³-hybridized carbons (Fsp3) is 1.00. The molecule has 0 amide bonds. The summed E-state index contributed by atoms with van der Waals surface area (Å²) >= 11 is 0. The molecule has 2 heteroatoms. The summed E-state index contributed by atoms with van der Waals surface area (Å²) < 4.78 is 0. The highest BCUT2D eigenvalue weighted by Gasteiger charge is 2.35. The van der Waals surface area contributed by atoms with E-state index in [0.29, 0.717) is 17.0 Å². The molecule has 2 atom stereocenters. The third-order valence-electron chi connectivity index (χ3n) is 5.56. The summed E-state index contributed by atoms with van der Waals surface area (Å²) in [5.41, 5.74) is 0.790. The summed E-state index contributed by atoms with van der Waals surface area (Å²) in [7, 11) is 0. The molecule has 2 rings (SSSR count). The van der Waals surface area contributed by atoms with Crippen LogP contribution in [0.1, 0.15) is 73.1 Å². The van der Waals surface area contributed by atoms with Gasteiger partial charge >= 0.3 is 0 Å². The molecule has 2 fully saturated rings. The molecule has 0 aliphatic carbocycles. The molecule has 2 saturated heterocycles. The monoisotopic (exact) mass is 280 g/mol. The van der Waals surface area contributed by atoms with Crippen LogP contribution in [0.5, 0.6) is 0 Å². The van der Waals surface area contributed by atoms with E-state index in [-0.39, 0.29) is 0 Å². The summed E-state index contributed by atoms with van der Waals surface area (Å²) in [6.07, 6.45) is 8.35. The third-order valence-corrected chi connectivity index (χ3v) is 5.56. The molecule has 0 aromatic rings. The highest BCUT2D eigenvalue weighted by atomic mass is 15.2. The van der Waals surface area contributed by atoms with Crippen molar-refractivity contribution in [3.63, 3.8) is 0 Å². The molecule has 2 nitrogen and oxygen atoms in total. The molecule has 0 aromatic carbocycles. The van der Waals surface area contributed by atoms with Gasteiger partial charge < -0.3 is 5.32 Å². The number of likely N-dealkylation sites (tertiary alicyclic amines) is 1. The van der Waals surface area contributed by atoms with E-state index in [0.717, 1.165) is 5.92 Å². The molecule has 2 aliphatic heterocycles. The largest absolute Gasteiger partial charge is 0.313 e. The second-order valence-electron chi connectivity index (χ2n) is 8.83. The lowest BCUT2D eigenvalue weighted by molar-refractivity contribution is 0.0583. The summed E-state index contributed by atoms with van der Waals surface area (Å²) in [5, 5.41) is 3.74. The molecule has 1 N–H and O–H groups in total. The normalized spacial score (nSPS) is 30.4. The fourth-order valence-corrected chi connectivity index (χ4v) is 4.18. The fourth-order valence-electron chi connectivity index (χ4n) is 4.18. The van der Waals surface area contributed by atoms with E-state index < -0.39 is 0 Å². The van der Waals surface area contributed by atoms with E-state index in [1.165, 1.54) is 58.2 Å². The first-order chi connectivity index (χ1) is 9.29. The van der Waals surface area contributed by atoms with Gasteiger partial charge in [-0.1, -0.05) is 27.2 Å². The van der Waals surface area contributed by atoms with Crippen LogP contribution < -0.4 is 5.32 Å². The van der Waals surface area contributed by atoms with Crippen molar-refractivity contribution in [3.8, 4) is 0 Å².